The van der Waals surface area contributed by atoms with Crippen molar-refractivity contribution < 1.29 is 23.9 Å². The third-order valence-electron chi connectivity index (χ3n) is 19.1. The Balaban J connectivity index is 0.000000157. The predicted octanol–water partition coefficient (Wildman–Crippen LogP) is 14.2. The number of fused-ring (bicyclic) bond motifs is 5. The maximum Gasteiger partial charge on any atom is 0.410 e. The first-order valence-corrected chi connectivity index (χ1v) is 34.0. The van der Waals surface area contributed by atoms with Gasteiger partial charge in [-0.15, -0.1) is 0 Å². The van der Waals surface area contributed by atoms with Crippen LogP contribution in [-0.4, -0.2) is 98.0 Å². The summed E-state index contributed by atoms with van der Waals surface area (Å²) in [6.07, 6.45) is 19.1. The van der Waals surface area contributed by atoms with Crippen molar-refractivity contribution in [1.82, 2.24) is 70.7 Å². The molecule has 97 heavy (non-hydrogen) atoms. The van der Waals surface area contributed by atoms with Gasteiger partial charge in [-0.3, -0.25) is 24.7 Å². The Morgan fingerprint density at radius 1 is 0.660 bits per heavy atom. The molecule has 0 bridgehead atoms. The highest BCUT2D eigenvalue weighted by Crippen LogP contribution is 2.38. The molecular weight excluding hydrogens is 1210 g/mol. The second-order valence-electron chi connectivity index (χ2n) is 26.6. The molecule has 3 amide bonds. The zero-order chi connectivity index (χ0) is 67.3. The van der Waals surface area contributed by atoms with Gasteiger partial charge in [0.1, 0.15) is 28.4 Å². The number of rotatable bonds is 15. The molecule has 5 aromatic carbocycles. The summed E-state index contributed by atoms with van der Waals surface area (Å²) >= 11 is 0. The van der Waals surface area contributed by atoms with Gasteiger partial charge in [0.2, 0.25) is 0 Å². The van der Waals surface area contributed by atoms with Gasteiger partial charge in [0, 0.05) is 72.4 Å². The van der Waals surface area contributed by atoms with Gasteiger partial charge in [0.25, 0.3) is 11.8 Å². The Kier molecular flexibility index (Phi) is 19.4. The number of carbonyl (C=O) groups excluding carboxylic acids is 3. The van der Waals surface area contributed by atoms with E-state index in [9.17, 15) is 14.4 Å². The van der Waals surface area contributed by atoms with Gasteiger partial charge in [-0.2, -0.15) is 10.2 Å². The molecule has 1 unspecified atom stereocenters. The van der Waals surface area contributed by atoms with Gasteiger partial charge >= 0.3 is 6.09 Å². The first-order chi connectivity index (χ1) is 47.1. The number of ether oxygens (including phenoxy) is 2. The van der Waals surface area contributed by atoms with Crippen LogP contribution in [0.5, 0.6) is 0 Å². The number of nitrogens with zero attached hydrogens (tertiary/aromatic N) is 8. The van der Waals surface area contributed by atoms with Crippen molar-refractivity contribution in [3.63, 3.8) is 0 Å². The highest BCUT2D eigenvalue weighted by atomic mass is 16.6. The van der Waals surface area contributed by atoms with Crippen LogP contribution in [0.4, 0.5) is 4.79 Å². The molecule has 7 heterocycles. The van der Waals surface area contributed by atoms with Crippen LogP contribution in [0.3, 0.4) is 0 Å². The van der Waals surface area contributed by atoms with Crippen molar-refractivity contribution in [1.29, 1.82) is 0 Å². The lowest BCUT2D eigenvalue weighted by atomic mass is 9.97. The lowest BCUT2D eigenvalue weighted by Crippen LogP contribution is -2.36. The molecule has 1 fully saturated rings. The Morgan fingerprint density at radius 2 is 1.23 bits per heavy atom. The minimum absolute atomic E-state index is 0.0179. The van der Waals surface area contributed by atoms with Gasteiger partial charge < -0.3 is 46.0 Å². The van der Waals surface area contributed by atoms with Crippen LogP contribution in [0.2, 0.25) is 0 Å². The first-order valence-electron chi connectivity index (χ1n) is 34.0. The fourth-order valence-corrected chi connectivity index (χ4v) is 13.7. The maximum atomic E-state index is 13.4. The Morgan fingerprint density at radius 3 is 1.82 bits per heavy atom. The number of aromatic nitrogens is 10. The number of hydrogen-bond acceptors (Lipinski definition) is 13. The number of nitrogens with one attached hydrogen (secondary N) is 6. The monoisotopic (exact) mass is 1300 g/mol. The van der Waals surface area contributed by atoms with E-state index in [1.54, 1.807) is 17.3 Å². The number of carbonyl (C=O) groups is 3. The number of benzene rings is 5. The largest absolute Gasteiger partial charge is 0.444 e. The van der Waals surface area contributed by atoms with Crippen molar-refractivity contribution >= 4 is 39.7 Å². The average molecular weight is 1300 g/mol. The second kappa shape index (κ2) is 28.7. The van der Waals surface area contributed by atoms with Gasteiger partial charge in [-0.1, -0.05) is 91.9 Å². The molecule has 1 aliphatic heterocycles. The number of pyridine rings is 2. The van der Waals surface area contributed by atoms with Crippen molar-refractivity contribution in [2.24, 2.45) is 5.73 Å². The number of amides is 3. The quantitative estimate of drug-likeness (QED) is 0.0504. The molecule has 20 nitrogen and oxygen atoms in total. The van der Waals surface area contributed by atoms with E-state index in [-0.39, 0.29) is 36.2 Å². The third-order valence-corrected chi connectivity index (χ3v) is 19.1. The Labute approximate surface area is 565 Å². The van der Waals surface area contributed by atoms with Crippen LogP contribution in [0, 0.1) is 13.8 Å². The predicted molar refractivity (Wildman–Crippen MR) is 377 cm³/mol. The molecule has 498 valence electrons. The molecule has 4 atom stereocenters. The van der Waals surface area contributed by atoms with E-state index in [1.807, 2.05) is 87.5 Å². The van der Waals surface area contributed by atoms with Crippen LogP contribution >= 0.6 is 0 Å². The van der Waals surface area contributed by atoms with E-state index in [0.29, 0.717) is 60.2 Å². The summed E-state index contributed by atoms with van der Waals surface area (Å²) in [7, 11) is 0. The van der Waals surface area contributed by atoms with Crippen LogP contribution < -0.4 is 21.7 Å². The zero-order valence-electron chi connectivity index (χ0n) is 56.3. The standard InChI is InChI=1S/C39H45N7O4.C29H29N7O.C9H11N/c1-6-45(38(48)50-39(3,4)5)23-27-20-40-21-30(24(27)2)26-15-17-33-29(19-26)35(44-46(33)34-13-9-10-18-49-34)36-41-22-32(42-36)37(47)43-31-16-14-25-11-7-8-12-28(25)31;1-3-30-13-20-14-31-15-23(17(20)2)19-9-11-25-22(12-19)27(36-35-25)28-32-16-26(33-28)29(37)34-24-10-8-18-6-4-5-7-21(18)24;10-9-6-5-7-3-1-2-4-8(7)9/h7-8,11-12,15,17,19-22,31,34H,6,9-10,13-14,16,18,23H2,1-5H3,(H,41,42)(H,43,47);4-7,9,11-12,14-16,24,30H,3,8,10,13H2,1-2H3,(H,32,33)(H,34,37)(H,35,36);1-4,9H,5-6,10H2/t31-,34?;24-;9-/m111/s1. The first kappa shape index (κ1) is 65.5. The van der Waals surface area contributed by atoms with E-state index >= 15 is 0 Å². The minimum atomic E-state index is -0.583. The van der Waals surface area contributed by atoms with Gasteiger partial charge in [0.15, 0.2) is 17.9 Å². The molecule has 1 saturated heterocycles. The molecule has 8 N–H and O–H groups in total. The summed E-state index contributed by atoms with van der Waals surface area (Å²) < 4.78 is 13.8. The van der Waals surface area contributed by atoms with E-state index in [0.717, 1.165) is 126 Å². The molecule has 6 aromatic heterocycles. The van der Waals surface area contributed by atoms with Crippen LogP contribution in [0.25, 0.3) is 67.1 Å². The molecule has 11 aromatic rings. The molecule has 0 saturated carbocycles. The molecular formula is C77H85N15O5. The number of imidazole rings is 2. The fraction of sp³-hybridized carbons (Fsp3) is 0.338. The van der Waals surface area contributed by atoms with Gasteiger partial charge in [-0.05, 0) is 197 Å². The smallest absolute Gasteiger partial charge is 0.410 e. The zero-order valence-corrected chi connectivity index (χ0v) is 56.3. The van der Waals surface area contributed by atoms with Gasteiger partial charge in [0.05, 0.1) is 42.1 Å². The molecule has 4 aliphatic rings. The Hall–Kier alpha value is -10.2. The number of hydrogen-bond donors (Lipinski definition) is 7. The fourth-order valence-electron chi connectivity index (χ4n) is 13.7. The van der Waals surface area contributed by atoms with Crippen molar-refractivity contribution in [2.45, 2.75) is 149 Å². The molecule has 3 aliphatic carbocycles. The van der Waals surface area contributed by atoms with Crippen LogP contribution in [0.1, 0.15) is 174 Å². The minimum Gasteiger partial charge on any atom is -0.444 e. The summed E-state index contributed by atoms with van der Waals surface area (Å²) in [6, 6.07) is 37.7. The summed E-state index contributed by atoms with van der Waals surface area (Å²) in [6.45, 7) is 17.1. The van der Waals surface area contributed by atoms with Crippen molar-refractivity contribution in [3.05, 3.63) is 213 Å². The van der Waals surface area contributed by atoms with Crippen LogP contribution in [-0.2, 0) is 41.8 Å². The summed E-state index contributed by atoms with van der Waals surface area (Å²) in [5.41, 5.74) is 25.3. The third kappa shape index (κ3) is 14.2. The highest BCUT2D eigenvalue weighted by molar-refractivity contribution is 5.98. The van der Waals surface area contributed by atoms with Crippen molar-refractivity contribution in [3.8, 4) is 45.3 Å². The van der Waals surface area contributed by atoms with E-state index in [4.69, 9.17) is 20.3 Å². The molecule has 0 radical (unpaired) electrons. The van der Waals surface area contributed by atoms with Crippen LogP contribution in [0.15, 0.2) is 146 Å². The lowest BCUT2D eigenvalue weighted by Gasteiger charge is -2.27. The number of aryl methyl sites for hydroxylation is 3. The van der Waals surface area contributed by atoms with E-state index in [2.05, 4.69) is 156 Å². The van der Waals surface area contributed by atoms with E-state index < -0.39 is 5.60 Å². The average Bonchev–Trinajstić information content (AvgIpc) is 1.63. The topological polar surface area (TPSA) is 265 Å². The lowest BCUT2D eigenvalue weighted by molar-refractivity contribution is -0.0365. The number of aromatic amines is 3. The molecule has 20 heteroatoms. The molecule has 0 spiro atoms. The molecule has 15 rings (SSSR count). The number of nitrogens with two attached hydrogens (primary N) is 1. The van der Waals surface area contributed by atoms with Crippen molar-refractivity contribution in [2.75, 3.05) is 19.7 Å². The second-order valence-corrected chi connectivity index (χ2v) is 26.6. The normalized spacial score (nSPS) is 16.9. The van der Waals surface area contributed by atoms with E-state index in [1.165, 1.54) is 44.5 Å². The summed E-state index contributed by atoms with van der Waals surface area (Å²) in [5.74, 6) is 0.700. The Bertz CT molecular complexity index is 4660. The summed E-state index contributed by atoms with van der Waals surface area (Å²) in [4.78, 5) is 65.7. The maximum absolute atomic E-state index is 13.4. The SMILES string of the molecule is CCN(Cc1cncc(-c2ccc3c(c2)c(-c2ncc(C(=O)N[C@@H]4CCc5ccccc54)[nH]2)nn3C2CCCCO2)c1C)C(=O)OC(C)(C)C.CCNCc1cncc(-c2ccc3[nH]nc(-c4ncc(C(=O)N[C@@H]5CCc6ccccc65)[nH]4)c3c2)c1C.N[C@@H]1CCc2ccccc21. The number of H-pyrrole nitrogens is 3. The van der Waals surface area contributed by atoms with Gasteiger partial charge in [-0.25, -0.2) is 19.4 Å². The summed E-state index contributed by atoms with van der Waals surface area (Å²) in [5, 5.41) is 24.2. The highest BCUT2D eigenvalue weighted by Gasteiger charge is 2.30.